The quantitative estimate of drug-likeness (QED) is 0.524. The summed E-state index contributed by atoms with van der Waals surface area (Å²) in [6.45, 7) is 0. The van der Waals surface area contributed by atoms with Gasteiger partial charge in [0.05, 0.1) is 0 Å². The summed E-state index contributed by atoms with van der Waals surface area (Å²) in [4.78, 5) is 28.1. The molecule has 0 bridgehead atoms. The zero-order valence-corrected chi connectivity index (χ0v) is 8.15. The van der Waals surface area contributed by atoms with Crippen LogP contribution in [0.15, 0.2) is 18.5 Å². The first-order valence-corrected chi connectivity index (χ1v) is 4.44. The molecule has 0 aromatic carbocycles. The third-order valence-corrected chi connectivity index (χ3v) is 2.02. The Morgan fingerprint density at radius 3 is 3.06 bits per heavy atom. The molecule has 0 aliphatic heterocycles. The van der Waals surface area contributed by atoms with Crippen molar-refractivity contribution in [3.8, 4) is 11.8 Å². The highest BCUT2D eigenvalue weighted by atomic mass is 16.1. The Morgan fingerprint density at radius 2 is 2.38 bits per heavy atom. The number of carbonyl (C=O) groups is 2. The second kappa shape index (κ2) is 3.87. The largest absolute Gasteiger partial charge is 0.359 e. The number of amides is 1. The van der Waals surface area contributed by atoms with Gasteiger partial charge in [-0.05, 0) is 6.07 Å². The molecular weight excluding hydrogens is 206 g/mol. The number of hydrogen-bond acceptors (Lipinski definition) is 3. The molecule has 5 heteroatoms. The number of nitrogens with two attached hydrogens (primary N) is 1. The van der Waals surface area contributed by atoms with Gasteiger partial charge in [0.15, 0.2) is 6.29 Å². The Labute approximate surface area is 90.7 Å². The minimum Gasteiger partial charge on any atom is -0.359 e. The van der Waals surface area contributed by atoms with Crippen LogP contribution in [0.4, 0.5) is 0 Å². The second-order valence-corrected chi connectivity index (χ2v) is 3.10. The lowest BCUT2D eigenvalue weighted by Gasteiger charge is -1.91. The number of carbonyl (C=O) groups excluding carboxylic acids is 2. The smallest absolute Gasteiger partial charge is 0.293 e. The molecular formula is C11H7N3O2. The Hall–Kier alpha value is -2.61. The summed E-state index contributed by atoms with van der Waals surface area (Å²) >= 11 is 0. The summed E-state index contributed by atoms with van der Waals surface area (Å²) < 4.78 is 0. The first kappa shape index (κ1) is 9.93. The van der Waals surface area contributed by atoms with Crippen LogP contribution >= 0.6 is 0 Å². The molecule has 5 nitrogen and oxygen atoms in total. The van der Waals surface area contributed by atoms with Gasteiger partial charge in [0.2, 0.25) is 0 Å². The lowest BCUT2D eigenvalue weighted by molar-refractivity contribution is -0.112. The highest BCUT2D eigenvalue weighted by molar-refractivity contribution is 5.96. The maximum atomic E-state index is 10.7. The van der Waals surface area contributed by atoms with Crippen molar-refractivity contribution in [2.75, 3.05) is 0 Å². The van der Waals surface area contributed by atoms with E-state index in [1.807, 2.05) is 0 Å². The topological polar surface area (TPSA) is 88.8 Å². The number of nitrogens with one attached hydrogen (secondary N) is 1. The van der Waals surface area contributed by atoms with E-state index in [1.54, 1.807) is 12.3 Å². The molecule has 1 amide bonds. The molecule has 0 saturated heterocycles. The number of aromatic nitrogens is 2. The molecule has 2 aromatic rings. The van der Waals surface area contributed by atoms with Crippen LogP contribution in [-0.4, -0.2) is 22.2 Å². The summed E-state index contributed by atoms with van der Waals surface area (Å²) in [6.07, 6.45) is 3.80. The van der Waals surface area contributed by atoms with Gasteiger partial charge in [0.1, 0.15) is 5.65 Å². The van der Waals surface area contributed by atoms with Crippen molar-refractivity contribution < 1.29 is 9.59 Å². The number of aromatic amines is 1. The van der Waals surface area contributed by atoms with Crippen LogP contribution in [0.2, 0.25) is 0 Å². The van der Waals surface area contributed by atoms with Gasteiger partial charge in [0, 0.05) is 34.8 Å². The molecule has 0 saturated carbocycles. The fourth-order valence-corrected chi connectivity index (χ4v) is 1.32. The van der Waals surface area contributed by atoms with Gasteiger partial charge in [0.25, 0.3) is 5.91 Å². The minimum atomic E-state index is -0.704. The van der Waals surface area contributed by atoms with E-state index in [1.165, 1.54) is 6.20 Å². The maximum absolute atomic E-state index is 10.7. The average molecular weight is 213 g/mol. The van der Waals surface area contributed by atoms with Gasteiger partial charge in [-0.3, -0.25) is 9.59 Å². The molecule has 16 heavy (non-hydrogen) atoms. The molecule has 0 radical (unpaired) electrons. The van der Waals surface area contributed by atoms with E-state index in [0.717, 1.165) is 6.29 Å². The lowest BCUT2D eigenvalue weighted by atomic mass is 10.2. The van der Waals surface area contributed by atoms with Crippen LogP contribution in [0, 0.1) is 11.8 Å². The minimum absolute atomic E-state index is 0.505. The molecule has 2 heterocycles. The maximum Gasteiger partial charge on any atom is 0.293 e. The molecule has 3 N–H and O–H groups in total. The van der Waals surface area contributed by atoms with E-state index in [4.69, 9.17) is 5.73 Å². The van der Waals surface area contributed by atoms with Crippen molar-refractivity contribution in [1.82, 2.24) is 9.97 Å². The van der Waals surface area contributed by atoms with Gasteiger partial charge in [-0.2, -0.15) is 0 Å². The molecule has 0 atom stereocenters. The summed E-state index contributed by atoms with van der Waals surface area (Å²) in [5.41, 5.74) is 6.54. The lowest BCUT2D eigenvalue weighted by Crippen LogP contribution is -2.06. The van der Waals surface area contributed by atoms with E-state index in [2.05, 4.69) is 21.8 Å². The Morgan fingerprint density at radius 1 is 1.56 bits per heavy atom. The summed E-state index contributed by atoms with van der Waals surface area (Å²) in [7, 11) is 0. The second-order valence-electron chi connectivity index (χ2n) is 3.10. The van der Waals surface area contributed by atoms with Crippen molar-refractivity contribution in [3.63, 3.8) is 0 Å². The first-order chi connectivity index (χ1) is 7.70. The number of H-pyrrole nitrogens is 1. The van der Waals surface area contributed by atoms with Crippen LogP contribution in [0.3, 0.4) is 0 Å². The van der Waals surface area contributed by atoms with Crippen LogP contribution in [-0.2, 0) is 4.79 Å². The molecule has 2 aromatic heterocycles. The normalized spacial score (nSPS) is 9.50. The van der Waals surface area contributed by atoms with Crippen LogP contribution in [0.25, 0.3) is 11.0 Å². The van der Waals surface area contributed by atoms with E-state index < -0.39 is 5.91 Å². The van der Waals surface area contributed by atoms with E-state index in [-0.39, 0.29) is 0 Å². The Kier molecular flexibility index (Phi) is 2.40. The summed E-state index contributed by atoms with van der Waals surface area (Å²) in [5.74, 6) is 4.06. The molecule has 2 rings (SSSR count). The monoisotopic (exact) mass is 213 g/mol. The van der Waals surface area contributed by atoms with E-state index in [9.17, 15) is 9.59 Å². The number of rotatable bonds is 1. The summed E-state index contributed by atoms with van der Waals surface area (Å²) in [5, 5.41) is 0.672. The number of aldehydes is 1. The number of fused-ring (bicyclic) bond motifs is 1. The van der Waals surface area contributed by atoms with E-state index in [0.29, 0.717) is 22.2 Å². The SMILES string of the molecule is NC(=O)C#Cc1cnc2[nH]cc(C=O)c2c1. The van der Waals surface area contributed by atoms with Crippen LogP contribution < -0.4 is 5.73 Å². The van der Waals surface area contributed by atoms with Gasteiger partial charge in [-0.25, -0.2) is 4.98 Å². The number of primary amides is 1. The summed E-state index contributed by atoms with van der Waals surface area (Å²) in [6, 6.07) is 1.68. The fourth-order valence-electron chi connectivity index (χ4n) is 1.32. The fraction of sp³-hybridized carbons (Fsp3) is 0. The molecule has 0 unspecified atom stereocenters. The van der Waals surface area contributed by atoms with Crippen molar-refractivity contribution in [2.24, 2.45) is 5.73 Å². The Bertz CT molecular complexity index is 631. The molecule has 0 spiro atoms. The van der Waals surface area contributed by atoms with Gasteiger partial charge in [-0.15, -0.1) is 0 Å². The zero-order valence-electron chi connectivity index (χ0n) is 8.15. The highest BCUT2D eigenvalue weighted by Gasteiger charge is 2.03. The molecule has 0 fully saturated rings. The number of nitrogens with zero attached hydrogens (tertiary/aromatic N) is 1. The molecule has 78 valence electrons. The number of pyridine rings is 1. The van der Waals surface area contributed by atoms with Crippen molar-refractivity contribution in [2.45, 2.75) is 0 Å². The van der Waals surface area contributed by atoms with Crippen molar-refractivity contribution in [3.05, 3.63) is 29.6 Å². The van der Waals surface area contributed by atoms with Gasteiger partial charge < -0.3 is 10.7 Å². The average Bonchev–Trinajstić information content (AvgIpc) is 2.68. The predicted molar refractivity (Wildman–Crippen MR) is 57.6 cm³/mol. The molecule has 0 aliphatic rings. The third kappa shape index (κ3) is 1.77. The third-order valence-electron chi connectivity index (χ3n) is 2.02. The highest BCUT2D eigenvalue weighted by Crippen LogP contribution is 2.15. The standard InChI is InChI=1S/C11H7N3O2/c12-10(16)2-1-7-3-9-8(6-15)5-14-11(9)13-4-7/h3-6H,(H2,12,16)(H,13,14). The van der Waals surface area contributed by atoms with Crippen molar-refractivity contribution in [1.29, 1.82) is 0 Å². The van der Waals surface area contributed by atoms with E-state index >= 15 is 0 Å². The van der Waals surface area contributed by atoms with Gasteiger partial charge >= 0.3 is 0 Å². The van der Waals surface area contributed by atoms with Crippen LogP contribution in [0.5, 0.6) is 0 Å². The van der Waals surface area contributed by atoms with Crippen molar-refractivity contribution >= 4 is 23.2 Å². The number of hydrogen-bond donors (Lipinski definition) is 2. The first-order valence-electron chi connectivity index (χ1n) is 4.44. The van der Waals surface area contributed by atoms with Crippen LogP contribution in [0.1, 0.15) is 15.9 Å². The predicted octanol–water partition coefficient (Wildman–Crippen LogP) is 0.212. The zero-order chi connectivity index (χ0) is 11.5. The van der Waals surface area contributed by atoms with Gasteiger partial charge in [-0.1, -0.05) is 5.92 Å². The molecule has 0 aliphatic carbocycles. The Balaban J connectivity index is 2.55.